The van der Waals surface area contributed by atoms with Crippen LogP contribution in [0.4, 0.5) is 0 Å². The number of hydrogen-bond donors (Lipinski definition) is 0. The number of rotatable bonds is 0. The van der Waals surface area contributed by atoms with E-state index in [0.717, 1.165) is 0 Å². The Morgan fingerprint density at radius 1 is 0.737 bits per heavy atom. The van der Waals surface area contributed by atoms with Crippen LogP contribution in [0.2, 0.25) is 0 Å². The standard InChI is InChI=1S/2C8H11.2ClH.Zr/c2*1-6-4-7(2)8(3)5-6;;;/h2*4,6H,1-3H3;2*1H;/q2*-1;;;+2. The van der Waals surface area contributed by atoms with Crippen LogP contribution in [0, 0.1) is 24.0 Å². The van der Waals surface area contributed by atoms with Crippen molar-refractivity contribution < 1.29 is 26.2 Å². The van der Waals surface area contributed by atoms with Crippen molar-refractivity contribution in [2.24, 2.45) is 11.8 Å². The maximum Gasteiger partial charge on any atom is 2.00 e. The summed E-state index contributed by atoms with van der Waals surface area (Å²) in [5, 5.41) is 0. The number of allylic oxidation sites excluding steroid dienone is 8. The first-order valence-corrected chi connectivity index (χ1v) is 5.98. The summed E-state index contributed by atoms with van der Waals surface area (Å²) in [6.07, 6.45) is 11.0. The molecule has 0 saturated heterocycles. The van der Waals surface area contributed by atoms with Gasteiger partial charge >= 0.3 is 26.2 Å². The second-order valence-electron chi connectivity index (χ2n) is 4.82. The zero-order valence-corrected chi connectivity index (χ0v) is 16.7. The van der Waals surface area contributed by atoms with Crippen LogP contribution in [-0.2, 0) is 26.2 Å². The Labute approximate surface area is 150 Å². The molecule has 0 N–H and O–H groups in total. The summed E-state index contributed by atoms with van der Waals surface area (Å²) in [6, 6.07) is 0. The van der Waals surface area contributed by atoms with E-state index in [2.05, 4.69) is 65.8 Å². The third kappa shape index (κ3) is 8.33. The van der Waals surface area contributed by atoms with Gasteiger partial charge in [-0.2, -0.15) is 12.2 Å². The predicted molar refractivity (Wildman–Crippen MR) is 85.2 cm³/mol. The molecule has 19 heavy (non-hydrogen) atoms. The topological polar surface area (TPSA) is 0 Å². The average molecular weight is 378 g/mol. The fraction of sp³-hybridized carbons (Fsp3) is 0.500. The van der Waals surface area contributed by atoms with Gasteiger partial charge in [-0.3, -0.25) is 12.2 Å². The molecule has 3 heteroatoms. The van der Waals surface area contributed by atoms with E-state index in [-0.39, 0.29) is 51.0 Å². The van der Waals surface area contributed by atoms with E-state index >= 15 is 0 Å². The van der Waals surface area contributed by atoms with Crippen LogP contribution in [0.5, 0.6) is 0 Å². The van der Waals surface area contributed by atoms with Gasteiger partial charge in [0.05, 0.1) is 0 Å². The molecule has 0 saturated carbocycles. The van der Waals surface area contributed by atoms with Gasteiger partial charge in [-0.15, -0.1) is 38.7 Å². The molecule has 0 aromatic heterocycles. The van der Waals surface area contributed by atoms with E-state index < -0.39 is 0 Å². The molecule has 0 bridgehead atoms. The summed E-state index contributed by atoms with van der Waals surface area (Å²) in [5.74, 6) is 1.10. The van der Waals surface area contributed by atoms with Crippen molar-refractivity contribution in [2.75, 3.05) is 0 Å². The second kappa shape index (κ2) is 11.1. The van der Waals surface area contributed by atoms with Crippen molar-refractivity contribution in [3.8, 4) is 0 Å². The molecule has 2 rings (SSSR count). The fourth-order valence-corrected chi connectivity index (χ4v) is 1.99. The summed E-state index contributed by atoms with van der Waals surface area (Å²) in [6.45, 7) is 12.8. The van der Waals surface area contributed by atoms with Gasteiger partial charge < -0.3 is 0 Å². The molecular weight excluding hydrogens is 354 g/mol. The predicted octanol–water partition coefficient (Wildman–Crippen LogP) is 5.50. The average Bonchev–Trinajstić information content (AvgIpc) is 2.58. The Bertz CT molecular complexity index is 316. The summed E-state index contributed by atoms with van der Waals surface area (Å²) in [7, 11) is 0. The van der Waals surface area contributed by atoms with Crippen molar-refractivity contribution >= 4 is 24.8 Å². The van der Waals surface area contributed by atoms with Gasteiger partial charge in [0.2, 0.25) is 0 Å². The summed E-state index contributed by atoms with van der Waals surface area (Å²) >= 11 is 0. The molecule has 0 fully saturated rings. The molecule has 2 aliphatic rings. The monoisotopic (exact) mass is 376 g/mol. The van der Waals surface area contributed by atoms with Gasteiger partial charge in [-0.05, 0) is 0 Å². The first kappa shape index (κ1) is 24.4. The maximum atomic E-state index is 3.29. The first-order chi connectivity index (χ1) is 7.40. The molecule has 2 unspecified atom stereocenters. The van der Waals surface area contributed by atoms with Gasteiger partial charge in [0.1, 0.15) is 0 Å². The minimum absolute atomic E-state index is 0. The van der Waals surface area contributed by atoms with E-state index in [1.54, 1.807) is 0 Å². The van der Waals surface area contributed by atoms with E-state index in [1.165, 1.54) is 22.3 Å². The van der Waals surface area contributed by atoms with Crippen LogP contribution in [-0.4, -0.2) is 0 Å². The molecule has 2 aliphatic carbocycles. The Morgan fingerprint density at radius 2 is 1.00 bits per heavy atom. The van der Waals surface area contributed by atoms with E-state index in [1.807, 2.05) is 0 Å². The summed E-state index contributed by atoms with van der Waals surface area (Å²) in [5.41, 5.74) is 5.41. The Balaban J connectivity index is -0.000000233. The normalized spacial score (nSPS) is 23.3. The molecule has 0 aromatic carbocycles. The van der Waals surface area contributed by atoms with Crippen molar-refractivity contribution in [2.45, 2.75) is 41.5 Å². The molecule has 2 atom stereocenters. The van der Waals surface area contributed by atoms with Gasteiger partial charge in [0.15, 0.2) is 0 Å². The van der Waals surface area contributed by atoms with E-state index in [0.29, 0.717) is 11.8 Å². The fourth-order valence-electron chi connectivity index (χ4n) is 1.99. The Morgan fingerprint density at radius 3 is 1.05 bits per heavy atom. The van der Waals surface area contributed by atoms with Crippen LogP contribution in [0.25, 0.3) is 0 Å². The smallest absolute Gasteiger partial charge is 0.266 e. The second-order valence-corrected chi connectivity index (χ2v) is 4.82. The van der Waals surface area contributed by atoms with Crippen molar-refractivity contribution in [3.05, 3.63) is 46.6 Å². The molecule has 0 aliphatic heterocycles. The van der Waals surface area contributed by atoms with Crippen molar-refractivity contribution in [3.63, 3.8) is 0 Å². The molecule has 0 heterocycles. The van der Waals surface area contributed by atoms with Crippen LogP contribution < -0.4 is 0 Å². The molecular formula is C16H24Cl2Zr. The molecule has 0 radical (unpaired) electrons. The first-order valence-electron chi connectivity index (χ1n) is 5.98. The zero-order chi connectivity index (χ0) is 12.3. The molecule has 0 aromatic rings. The van der Waals surface area contributed by atoms with Crippen molar-refractivity contribution in [1.29, 1.82) is 0 Å². The third-order valence-corrected chi connectivity index (χ3v) is 3.07. The van der Waals surface area contributed by atoms with Crippen LogP contribution >= 0.6 is 24.8 Å². The van der Waals surface area contributed by atoms with Gasteiger partial charge in [-0.1, -0.05) is 39.5 Å². The summed E-state index contributed by atoms with van der Waals surface area (Å²) < 4.78 is 0. The maximum absolute atomic E-state index is 3.29. The number of hydrogen-bond acceptors (Lipinski definition) is 0. The van der Waals surface area contributed by atoms with Crippen LogP contribution in [0.1, 0.15) is 41.5 Å². The van der Waals surface area contributed by atoms with E-state index in [4.69, 9.17) is 0 Å². The minimum Gasteiger partial charge on any atom is -0.266 e. The third-order valence-electron chi connectivity index (χ3n) is 3.07. The Kier molecular flexibility index (Phi) is 14.3. The van der Waals surface area contributed by atoms with E-state index in [9.17, 15) is 0 Å². The van der Waals surface area contributed by atoms with Crippen LogP contribution in [0.3, 0.4) is 0 Å². The Hall–Kier alpha value is 0.423. The van der Waals surface area contributed by atoms with Gasteiger partial charge in [0, 0.05) is 0 Å². The van der Waals surface area contributed by atoms with Gasteiger partial charge in [0.25, 0.3) is 0 Å². The van der Waals surface area contributed by atoms with Crippen LogP contribution in [0.15, 0.2) is 34.4 Å². The molecule has 106 valence electrons. The molecule has 0 nitrogen and oxygen atoms in total. The summed E-state index contributed by atoms with van der Waals surface area (Å²) in [4.78, 5) is 0. The number of halogens is 2. The van der Waals surface area contributed by atoms with Crippen molar-refractivity contribution in [1.82, 2.24) is 0 Å². The molecule has 0 spiro atoms. The zero-order valence-electron chi connectivity index (χ0n) is 12.6. The SMILES string of the molecule is CC1=[C-]C(C)C=C1C.CC1=[C-]C(C)C=C1C.Cl.Cl.[Zr+2]. The molecule has 0 amide bonds. The largest absolute Gasteiger partial charge is 2.00 e. The minimum atomic E-state index is 0. The van der Waals surface area contributed by atoms with Gasteiger partial charge in [-0.25, -0.2) is 22.3 Å². The quantitative estimate of drug-likeness (QED) is 0.488.